The Morgan fingerprint density at radius 1 is 1.37 bits per heavy atom. The minimum atomic E-state index is 0.224. The van der Waals surface area contributed by atoms with Crippen molar-refractivity contribution in [1.82, 2.24) is 5.32 Å². The first-order chi connectivity index (χ1) is 9.20. The number of hydrogen-bond acceptors (Lipinski definition) is 3. The third-order valence-corrected chi connectivity index (χ3v) is 3.98. The molecule has 0 saturated carbocycles. The van der Waals surface area contributed by atoms with Crippen molar-refractivity contribution in [2.75, 3.05) is 6.54 Å². The van der Waals surface area contributed by atoms with Crippen LogP contribution < -0.4 is 10.1 Å². The highest BCUT2D eigenvalue weighted by molar-refractivity contribution is 7.09. The predicted molar refractivity (Wildman–Crippen MR) is 82.2 cm³/mol. The maximum absolute atomic E-state index is 6.08. The number of rotatable bonds is 6. The number of benzene rings is 1. The molecule has 0 bridgehead atoms. The average molecular weight is 296 g/mol. The van der Waals surface area contributed by atoms with Crippen LogP contribution in [0.15, 0.2) is 35.7 Å². The lowest BCUT2D eigenvalue weighted by Crippen LogP contribution is -2.18. The fourth-order valence-corrected chi connectivity index (χ4v) is 2.75. The van der Waals surface area contributed by atoms with Gasteiger partial charge in [-0.25, -0.2) is 0 Å². The molecule has 4 heteroatoms. The van der Waals surface area contributed by atoms with Crippen LogP contribution in [0.5, 0.6) is 5.75 Å². The van der Waals surface area contributed by atoms with Gasteiger partial charge in [-0.3, -0.25) is 0 Å². The molecule has 0 aliphatic heterocycles. The fraction of sp³-hybridized carbons (Fsp3) is 0.333. The second kappa shape index (κ2) is 6.94. The molecule has 0 aliphatic rings. The number of halogens is 1. The van der Waals surface area contributed by atoms with E-state index in [0.717, 1.165) is 22.9 Å². The first-order valence-corrected chi connectivity index (χ1v) is 7.64. The van der Waals surface area contributed by atoms with Crippen molar-refractivity contribution in [3.8, 4) is 5.75 Å². The van der Waals surface area contributed by atoms with Crippen molar-refractivity contribution in [2.45, 2.75) is 26.5 Å². The molecule has 2 aromatic rings. The van der Waals surface area contributed by atoms with Gasteiger partial charge in [0.1, 0.15) is 12.4 Å². The molecule has 1 aromatic heterocycles. The van der Waals surface area contributed by atoms with Crippen molar-refractivity contribution in [3.05, 3.63) is 51.2 Å². The first kappa shape index (κ1) is 14.4. The van der Waals surface area contributed by atoms with Gasteiger partial charge in [0.15, 0.2) is 0 Å². The molecule has 0 saturated heterocycles. The molecule has 1 atom stereocenters. The van der Waals surface area contributed by atoms with Crippen LogP contribution in [0.2, 0.25) is 5.02 Å². The lowest BCUT2D eigenvalue weighted by Gasteiger charge is -2.17. The minimum absolute atomic E-state index is 0.224. The molecule has 2 nitrogen and oxygen atoms in total. The van der Waals surface area contributed by atoms with Crippen LogP contribution in [0.25, 0.3) is 0 Å². The van der Waals surface area contributed by atoms with Crippen LogP contribution in [0.4, 0.5) is 0 Å². The van der Waals surface area contributed by atoms with Crippen molar-refractivity contribution in [3.63, 3.8) is 0 Å². The normalized spacial score (nSPS) is 12.4. The Hall–Kier alpha value is -1.03. The number of hydrogen-bond donors (Lipinski definition) is 1. The zero-order chi connectivity index (χ0) is 13.7. The summed E-state index contributed by atoms with van der Waals surface area (Å²) in [6, 6.07) is 10.1. The van der Waals surface area contributed by atoms with Gasteiger partial charge in [0.05, 0.1) is 0 Å². The Kier molecular flexibility index (Phi) is 5.25. The van der Waals surface area contributed by atoms with E-state index >= 15 is 0 Å². The quantitative estimate of drug-likeness (QED) is 0.837. The Morgan fingerprint density at radius 2 is 2.21 bits per heavy atom. The molecule has 1 heterocycles. The van der Waals surface area contributed by atoms with Gasteiger partial charge in [-0.15, -0.1) is 11.3 Å². The summed E-state index contributed by atoms with van der Waals surface area (Å²) in [5.74, 6) is 0.895. The van der Waals surface area contributed by atoms with E-state index in [4.69, 9.17) is 16.3 Å². The second-order valence-corrected chi connectivity index (χ2v) is 5.80. The highest BCUT2D eigenvalue weighted by Crippen LogP contribution is 2.29. The first-order valence-electron chi connectivity index (χ1n) is 6.38. The Morgan fingerprint density at radius 3 is 2.89 bits per heavy atom. The van der Waals surface area contributed by atoms with Crippen LogP contribution in [0, 0.1) is 0 Å². The van der Waals surface area contributed by atoms with Crippen LogP contribution >= 0.6 is 22.9 Å². The molecule has 1 N–H and O–H groups in total. The van der Waals surface area contributed by atoms with Gasteiger partial charge in [0.2, 0.25) is 0 Å². The average Bonchev–Trinajstić information content (AvgIpc) is 2.90. The van der Waals surface area contributed by atoms with Gasteiger partial charge in [0.25, 0.3) is 0 Å². The third-order valence-electron chi connectivity index (χ3n) is 2.90. The van der Waals surface area contributed by atoms with E-state index in [0.29, 0.717) is 6.61 Å². The molecule has 2 rings (SSSR count). The number of thiophene rings is 1. The van der Waals surface area contributed by atoms with Crippen LogP contribution in [0.3, 0.4) is 0 Å². The van der Waals surface area contributed by atoms with Crippen LogP contribution in [0.1, 0.15) is 30.3 Å². The molecule has 0 radical (unpaired) electrons. The monoisotopic (exact) mass is 295 g/mol. The van der Waals surface area contributed by atoms with Gasteiger partial charge < -0.3 is 10.1 Å². The van der Waals surface area contributed by atoms with Crippen molar-refractivity contribution in [1.29, 1.82) is 0 Å². The highest BCUT2D eigenvalue weighted by atomic mass is 35.5. The standard InChI is InChI=1S/C15H18ClNOS/c1-3-17-11(2)14-9-12(16)6-7-15(14)18-10-13-5-4-8-19-13/h4-9,11,17H,3,10H2,1-2H3. The molecule has 0 aliphatic carbocycles. The maximum Gasteiger partial charge on any atom is 0.124 e. The summed E-state index contributed by atoms with van der Waals surface area (Å²) in [5.41, 5.74) is 1.10. The topological polar surface area (TPSA) is 21.3 Å². The van der Waals surface area contributed by atoms with E-state index < -0.39 is 0 Å². The maximum atomic E-state index is 6.08. The summed E-state index contributed by atoms with van der Waals surface area (Å²) < 4.78 is 5.92. The van der Waals surface area contributed by atoms with Gasteiger partial charge in [0, 0.05) is 21.5 Å². The van der Waals surface area contributed by atoms with Crippen LogP contribution in [-0.4, -0.2) is 6.54 Å². The second-order valence-electron chi connectivity index (χ2n) is 4.33. The van der Waals surface area contributed by atoms with Gasteiger partial charge in [-0.1, -0.05) is 24.6 Å². The molecule has 1 aromatic carbocycles. The third kappa shape index (κ3) is 3.96. The zero-order valence-corrected chi connectivity index (χ0v) is 12.7. The van der Waals surface area contributed by atoms with Crippen molar-refractivity contribution < 1.29 is 4.74 Å². The predicted octanol–water partition coefficient (Wildman–Crippen LogP) is 4.65. The Labute approximate surface area is 123 Å². The minimum Gasteiger partial charge on any atom is -0.488 e. The van der Waals surface area contributed by atoms with Gasteiger partial charge >= 0.3 is 0 Å². The van der Waals surface area contributed by atoms with E-state index in [1.54, 1.807) is 11.3 Å². The van der Waals surface area contributed by atoms with E-state index in [-0.39, 0.29) is 6.04 Å². The van der Waals surface area contributed by atoms with E-state index in [1.165, 1.54) is 4.88 Å². The molecular formula is C15H18ClNOS. The van der Waals surface area contributed by atoms with Crippen LogP contribution in [-0.2, 0) is 6.61 Å². The molecule has 102 valence electrons. The molecule has 0 fully saturated rings. The summed E-state index contributed by atoms with van der Waals surface area (Å²) in [6.07, 6.45) is 0. The molecule has 1 unspecified atom stereocenters. The lowest BCUT2D eigenvalue weighted by atomic mass is 10.1. The molecular weight excluding hydrogens is 278 g/mol. The fourth-order valence-electron chi connectivity index (χ4n) is 1.95. The largest absolute Gasteiger partial charge is 0.488 e. The van der Waals surface area contributed by atoms with Crippen molar-refractivity contribution >= 4 is 22.9 Å². The lowest BCUT2D eigenvalue weighted by molar-refractivity contribution is 0.303. The van der Waals surface area contributed by atoms with Gasteiger partial charge in [-0.2, -0.15) is 0 Å². The molecule has 19 heavy (non-hydrogen) atoms. The Balaban J connectivity index is 2.14. The zero-order valence-electron chi connectivity index (χ0n) is 11.2. The van der Waals surface area contributed by atoms with E-state index in [9.17, 15) is 0 Å². The molecule has 0 spiro atoms. The van der Waals surface area contributed by atoms with E-state index in [2.05, 4.69) is 30.6 Å². The van der Waals surface area contributed by atoms with Crippen molar-refractivity contribution in [2.24, 2.45) is 0 Å². The SMILES string of the molecule is CCNC(C)c1cc(Cl)ccc1OCc1cccs1. The summed E-state index contributed by atoms with van der Waals surface area (Å²) in [6.45, 7) is 5.73. The Bertz CT molecular complexity index is 513. The summed E-state index contributed by atoms with van der Waals surface area (Å²) in [7, 11) is 0. The highest BCUT2D eigenvalue weighted by Gasteiger charge is 2.12. The van der Waals surface area contributed by atoms with E-state index in [1.807, 2.05) is 24.3 Å². The van der Waals surface area contributed by atoms with Gasteiger partial charge in [-0.05, 0) is 43.1 Å². The molecule has 0 amide bonds. The summed E-state index contributed by atoms with van der Waals surface area (Å²) in [5, 5.41) is 6.18. The number of nitrogens with one attached hydrogen (secondary N) is 1. The smallest absolute Gasteiger partial charge is 0.124 e. The number of ether oxygens (including phenoxy) is 1. The summed E-state index contributed by atoms with van der Waals surface area (Å²) in [4.78, 5) is 1.22. The summed E-state index contributed by atoms with van der Waals surface area (Å²) >= 11 is 7.78.